The second kappa shape index (κ2) is 13.2. The van der Waals surface area contributed by atoms with Gasteiger partial charge in [-0.2, -0.15) is 26.3 Å². The van der Waals surface area contributed by atoms with Crippen LogP contribution in [-0.2, 0) is 9.59 Å². The number of unbranched alkanes of at least 4 members (excludes halogenated alkanes) is 2. The lowest BCUT2D eigenvalue weighted by atomic mass is 10.2. The predicted molar refractivity (Wildman–Crippen MR) is 104 cm³/mol. The number of rotatable bonds is 5. The lowest BCUT2D eigenvalue weighted by Gasteiger charge is -2.04. The number of carbonyl (C=O) groups excluding carboxylic acids is 1. The lowest BCUT2D eigenvalue weighted by molar-refractivity contribution is -0.193. The molecule has 184 valence electrons. The molecule has 2 aromatic rings. The number of nitrogens with zero attached hydrogens (tertiary/aromatic N) is 2. The van der Waals surface area contributed by atoms with Crippen molar-refractivity contribution >= 4 is 28.7 Å². The highest BCUT2D eigenvalue weighted by molar-refractivity contribution is 5.92. The summed E-state index contributed by atoms with van der Waals surface area (Å²) in [5.74, 6) is -5.47. The third kappa shape index (κ3) is 12.2. The number of alkyl halides is 6. The molecule has 33 heavy (non-hydrogen) atoms. The van der Waals surface area contributed by atoms with Crippen molar-refractivity contribution in [1.82, 2.24) is 15.3 Å². The molecule has 0 saturated carbocycles. The van der Waals surface area contributed by atoms with Crippen molar-refractivity contribution in [3.63, 3.8) is 0 Å². The van der Waals surface area contributed by atoms with E-state index in [1.807, 2.05) is 25.1 Å². The molecule has 3 N–H and O–H groups in total. The number of carboxylic acid groups (broad SMARTS) is 2. The van der Waals surface area contributed by atoms with Gasteiger partial charge in [0, 0.05) is 18.1 Å². The van der Waals surface area contributed by atoms with Crippen molar-refractivity contribution < 1.29 is 50.9 Å². The SMILES string of the molecule is CCCCCNC(=O)c1ncc2cc(C)ccc2n1.O=C(O)C(F)(F)F.O=C(O)C(F)(F)F. The standard InChI is InChI=1S/C15H19N3O.2C2HF3O2/c1-3-4-5-8-16-15(19)14-17-10-12-9-11(2)6-7-13(12)18-14;2*3-2(4,5)1(6)7/h6-7,9-10H,3-5,8H2,1-2H3,(H,16,19);2*(H,6,7). The van der Waals surface area contributed by atoms with Crippen LogP contribution in [0.1, 0.15) is 42.4 Å². The van der Waals surface area contributed by atoms with Crippen molar-refractivity contribution in [3.05, 3.63) is 35.8 Å². The zero-order valence-corrected chi connectivity index (χ0v) is 17.4. The minimum Gasteiger partial charge on any atom is -0.475 e. The molecule has 0 unspecified atom stereocenters. The number of aryl methyl sites for hydroxylation is 1. The molecule has 0 bridgehead atoms. The smallest absolute Gasteiger partial charge is 0.475 e. The van der Waals surface area contributed by atoms with Gasteiger partial charge in [0.15, 0.2) is 0 Å². The number of amides is 1. The van der Waals surface area contributed by atoms with Gasteiger partial charge in [-0.15, -0.1) is 0 Å². The second-order valence-corrected chi connectivity index (χ2v) is 6.32. The van der Waals surface area contributed by atoms with Gasteiger partial charge in [-0.05, 0) is 25.5 Å². The molecule has 0 spiro atoms. The summed E-state index contributed by atoms with van der Waals surface area (Å²) >= 11 is 0. The number of benzene rings is 1. The number of fused-ring (bicyclic) bond motifs is 1. The van der Waals surface area contributed by atoms with E-state index in [0.717, 1.165) is 35.7 Å². The van der Waals surface area contributed by atoms with Gasteiger partial charge in [0.1, 0.15) is 0 Å². The van der Waals surface area contributed by atoms with Crippen LogP contribution in [-0.4, -0.2) is 56.9 Å². The molecule has 0 saturated heterocycles. The maximum absolute atomic E-state index is 11.9. The Balaban J connectivity index is 0.000000605. The Bertz CT molecular complexity index is 924. The van der Waals surface area contributed by atoms with Crippen LogP contribution in [0, 0.1) is 6.92 Å². The summed E-state index contributed by atoms with van der Waals surface area (Å²) in [6, 6.07) is 5.91. The summed E-state index contributed by atoms with van der Waals surface area (Å²) in [6.45, 7) is 4.84. The van der Waals surface area contributed by atoms with Gasteiger partial charge >= 0.3 is 24.3 Å². The normalized spacial score (nSPS) is 10.9. The fraction of sp³-hybridized carbons (Fsp3) is 0.421. The van der Waals surface area contributed by atoms with Crippen LogP contribution in [0.3, 0.4) is 0 Å². The maximum atomic E-state index is 11.9. The monoisotopic (exact) mass is 485 g/mol. The molecule has 0 aliphatic heterocycles. The van der Waals surface area contributed by atoms with Gasteiger partial charge in [-0.3, -0.25) is 4.79 Å². The Morgan fingerprint density at radius 3 is 1.94 bits per heavy atom. The van der Waals surface area contributed by atoms with E-state index in [1.165, 1.54) is 0 Å². The Hall–Kier alpha value is -3.45. The summed E-state index contributed by atoms with van der Waals surface area (Å²) in [6.07, 6.45) is -5.20. The molecule has 14 heteroatoms. The molecule has 2 rings (SSSR count). The number of carboxylic acids is 2. The highest BCUT2D eigenvalue weighted by atomic mass is 19.4. The molecule has 0 aliphatic carbocycles. The lowest BCUT2D eigenvalue weighted by Crippen LogP contribution is -2.26. The van der Waals surface area contributed by atoms with E-state index in [1.54, 1.807) is 6.20 Å². The largest absolute Gasteiger partial charge is 0.490 e. The van der Waals surface area contributed by atoms with Crippen molar-refractivity contribution in [2.24, 2.45) is 0 Å². The molecule has 8 nitrogen and oxygen atoms in total. The average molecular weight is 485 g/mol. The third-order valence-electron chi connectivity index (χ3n) is 3.49. The topological polar surface area (TPSA) is 129 Å². The Kier molecular flexibility index (Phi) is 11.8. The zero-order valence-electron chi connectivity index (χ0n) is 17.4. The molecular formula is C19H21F6N3O5. The first-order chi connectivity index (χ1) is 15.1. The van der Waals surface area contributed by atoms with E-state index >= 15 is 0 Å². The predicted octanol–water partition coefficient (Wildman–Crippen LogP) is 4.12. The van der Waals surface area contributed by atoms with Crippen LogP contribution >= 0.6 is 0 Å². The van der Waals surface area contributed by atoms with Gasteiger partial charge in [-0.25, -0.2) is 19.6 Å². The first kappa shape index (κ1) is 29.5. The van der Waals surface area contributed by atoms with Crippen LogP contribution in [0.2, 0.25) is 0 Å². The summed E-state index contributed by atoms with van der Waals surface area (Å²) < 4.78 is 63.5. The summed E-state index contributed by atoms with van der Waals surface area (Å²) in [7, 11) is 0. The Morgan fingerprint density at radius 2 is 1.48 bits per heavy atom. The fourth-order valence-corrected chi connectivity index (χ4v) is 1.92. The van der Waals surface area contributed by atoms with Crippen LogP contribution in [0.25, 0.3) is 10.9 Å². The number of nitrogens with one attached hydrogen (secondary N) is 1. The number of aromatic nitrogens is 2. The van der Waals surface area contributed by atoms with Crippen LogP contribution in [0.15, 0.2) is 24.4 Å². The van der Waals surface area contributed by atoms with E-state index in [4.69, 9.17) is 19.8 Å². The van der Waals surface area contributed by atoms with Crippen molar-refractivity contribution in [3.8, 4) is 0 Å². The maximum Gasteiger partial charge on any atom is 0.490 e. The van der Waals surface area contributed by atoms with Crippen molar-refractivity contribution in [2.75, 3.05) is 6.54 Å². The number of hydrogen-bond acceptors (Lipinski definition) is 5. The summed E-state index contributed by atoms with van der Waals surface area (Å²) in [4.78, 5) is 38.1. The van der Waals surface area contributed by atoms with Gasteiger partial charge < -0.3 is 15.5 Å². The molecule has 0 aliphatic rings. The van der Waals surface area contributed by atoms with E-state index in [9.17, 15) is 31.1 Å². The quantitative estimate of drug-likeness (QED) is 0.429. The fourth-order valence-electron chi connectivity index (χ4n) is 1.92. The highest BCUT2D eigenvalue weighted by Crippen LogP contribution is 2.14. The van der Waals surface area contributed by atoms with E-state index in [-0.39, 0.29) is 11.7 Å². The van der Waals surface area contributed by atoms with E-state index in [2.05, 4.69) is 22.2 Å². The van der Waals surface area contributed by atoms with Crippen LogP contribution in [0.5, 0.6) is 0 Å². The number of carbonyl (C=O) groups is 3. The zero-order chi connectivity index (χ0) is 25.8. The first-order valence-corrected chi connectivity index (χ1v) is 9.21. The molecule has 0 atom stereocenters. The van der Waals surface area contributed by atoms with Crippen LogP contribution < -0.4 is 5.32 Å². The molecule has 1 aromatic heterocycles. The minimum absolute atomic E-state index is 0.196. The molecular weight excluding hydrogens is 464 g/mol. The van der Waals surface area contributed by atoms with Gasteiger partial charge in [0.25, 0.3) is 5.91 Å². The van der Waals surface area contributed by atoms with Gasteiger partial charge in [0.2, 0.25) is 5.82 Å². The Morgan fingerprint density at radius 1 is 0.970 bits per heavy atom. The summed E-state index contributed by atoms with van der Waals surface area (Å²) in [5.41, 5.74) is 1.96. The number of aliphatic carboxylic acids is 2. The van der Waals surface area contributed by atoms with E-state index < -0.39 is 24.3 Å². The Labute approximate surface area is 183 Å². The van der Waals surface area contributed by atoms with Crippen molar-refractivity contribution in [2.45, 2.75) is 45.5 Å². The van der Waals surface area contributed by atoms with Gasteiger partial charge in [0.05, 0.1) is 5.52 Å². The number of hydrogen-bond donors (Lipinski definition) is 3. The molecule has 0 radical (unpaired) electrons. The van der Waals surface area contributed by atoms with Gasteiger partial charge in [-0.1, -0.05) is 31.4 Å². The molecule has 1 amide bonds. The molecule has 0 fully saturated rings. The first-order valence-electron chi connectivity index (χ1n) is 9.21. The van der Waals surface area contributed by atoms with Crippen molar-refractivity contribution in [1.29, 1.82) is 0 Å². The van der Waals surface area contributed by atoms with Crippen LogP contribution in [0.4, 0.5) is 26.3 Å². The second-order valence-electron chi connectivity index (χ2n) is 6.32. The minimum atomic E-state index is -5.08. The summed E-state index contributed by atoms with van der Waals surface area (Å²) in [5, 5.41) is 18.1. The highest BCUT2D eigenvalue weighted by Gasteiger charge is 2.38. The third-order valence-corrected chi connectivity index (χ3v) is 3.49. The molecule has 1 aromatic carbocycles. The van der Waals surface area contributed by atoms with E-state index in [0.29, 0.717) is 6.54 Å². The number of halogens is 6. The average Bonchev–Trinajstić information content (AvgIpc) is 2.70. The molecule has 1 heterocycles.